The Morgan fingerprint density at radius 1 is 1.21 bits per heavy atom. The standard InChI is InChI=1S/C15H23NO3/c1-10(2)11(3)15(19)16-13(9-17)8-12-4-6-14(18)7-5-12/h4-7,10-11,13,17-18H,8-9H2,1-3H3,(H,16,19)/t11-,13?/m0/s1. The molecule has 0 spiro atoms. The smallest absolute Gasteiger partial charge is 0.223 e. The molecule has 0 fully saturated rings. The molecule has 3 N–H and O–H groups in total. The molecule has 1 amide bonds. The molecule has 19 heavy (non-hydrogen) atoms. The van der Waals surface area contributed by atoms with Crippen molar-refractivity contribution in [2.24, 2.45) is 11.8 Å². The third-order valence-electron chi connectivity index (χ3n) is 3.40. The van der Waals surface area contributed by atoms with Gasteiger partial charge in [-0.3, -0.25) is 4.79 Å². The Labute approximate surface area is 114 Å². The van der Waals surface area contributed by atoms with E-state index in [0.29, 0.717) is 6.42 Å². The second-order valence-corrected chi connectivity index (χ2v) is 5.29. The molecule has 0 aromatic heterocycles. The highest BCUT2D eigenvalue weighted by atomic mass is 16.3. The number of carbonyl (C=O) groups is 1. The molecule has 1 aromatic rings. The van der Waals surface area contributed by atoms with Crippen molar-refractivity contribution < 1.29 is 15.0 Å². The molecule has 4 nitrogen and oxygen atoms in total. The van der Waals surface area contributed by atoms with Crippen LogP contribution in [0.4, 0.5) is 0 Å². The number of carbonyl (C=O) groups excluding carboxylic acids is 1. The van der Waals surface area contributed by atoms with Crippen LogP contribution in [0.1, 0.15) is 26.3 Å². The summed E-state index contributed by atoms with van der Waals surface area (Å²) >= 11 is 0. The number of hydrogen-bond acceptors (Lipinski definition) is 3. The van der Waals surface area contributed by atoms with E-state index in [0.717, 1.165) is 5.56 Å². The van der Waals surface area contributed by atoms with Gasteiger partial charge in [-0.1, -0.05) is 32.9 Å². The van der Waals surface area contributed by atoms with Crippen LogP contribution in [0, 0.1) is 11.8 Å². The average molecular weight is 265 g/mol. The lowest BCUT2D eigenvalue weighted by Gasteiger charge is -2.21. The molecular weight excluding hydrogens is 242 g/mol. The molecule has 1 aromatic carbocycles. The van der Waals surface area contributed by atoms with Crippen molar-refractivity contribution in [1.82, 2.24) is 5.32 Å². The SMILES string of the molecule is CC(C)[C@H](C)C(=O)NC(CO)Cc1ccc(O)cc1. The van der Waals surface area contributed by atoms with Gasteiger partial charge in [0, 0.05) is 5.92 Å². The van der Waals surface area contributed by atoms with Gasteiger partial charge in [0.25, 0.3) is 0 Å². The molecule has 4 heteroatoms. The second kappa shape index (κ2) is 7.14. The van der Waals surface area contributed by atoms with Gasteiger partial charge < -0.3 is 15.5 Å². The zero-order chi connectivity index (χ0) is 14.4. The van der Waals surface area contributed by atoms with E-state index < -0.39 is 0 Å². The first-order valence-electron chi connectivity index (χ1n) is 6.63. The first kappa shape index (κ1) is 15.5. The monoisotopic (exact) mass is 265 g/mol. The number of amides is 1. The highest BCUT2D eigenvalue weighted by Gasteiger charge is 2.19. The van der Waals surface area contributed by atoms with Gasteiger partial charge in [0.1, 0.15) is 5.75 Å². The van der Waals surface area contributed by atoms with Crippen molar-refractivity contribution in [3.8, 4) is 5.75 Å². The number of aromatic hydroxyl groups is 1. The Hall–Kier alpha value is -1.55. The third kappa shape index (κ3) is 4.91. The molecule has 0 aliphatic rings. The first-order valence-corrected chi connectivity index (χ1v) is 6.63. The van der Waals surface area contributed by atoms with Gasteiger partial charge in [0.15, 0.2) is 0 Å². The highest BCUT2D eigenvalue weighted by molar-refractivity contribution is 5.78. The number of benzene rings is 1. The van der Waals surface area contributed by atoms with E-state index >= 15 is 0 Å². The fourth-order valence-electron chi connectivity index (χ4n) is 1.71. The van der Waals surface area contributed by atoms with E-state index in [1.807, 2.05) is 20.8 Å². The molecule has 0 bridgehead atoms. The van der Waals surface area contributed by atoms with Gasteiger partial charge in [0.05, 0.1) is 12.6 Å². The fourth-order valence-corrected chi connectivity index (χ4v) is 1.71. The lowest BCUT2D eigenvalue weighted by molar-refractivity contribution is -0.126. The zero-order valence-corrected chi connectivity index (χ0v) is 11.8. The quantitative estimate of drug-likeness (QED) is 0.733. The van der Waals surface area contributed by atoms with Gasteiger partial charge in [-0.25, -0.2) is 0 Å². The summed E-state index contributed by atoms with van der Waals surface area (Å²) in [5.74, 6) is 0.372. The maximum Gasteiger partial charge on any atom is 0.223 e. The normalized spacial score (nSPS) is 14.2. The maximum atomic E-state index is 11.9. The molecule has 2 atom stereocenters. The summed E-state index contributed by atoms with van der Waals surface area (Å²) in [5.41, 5.74) is 0.967. The largest absolute Gasteiger partial charge is 0.508 e. The molecule has 0 radical (unpaired) electrons. The first-order chi connectivity index (χ1) is 8.93. The van der Waals surface area contributed by atoms with Crippen LogP contribution in [0.2, 0.25) is 0 Å². The van der Waals surface area contributed by atoms with E-state index in [1.165, 1.54) is 0 Å². The summed E-state index contributed by atoms with van der Waals surface area (Å²) in [6.45, 7) is 5.78. The van der Waals surface area contributed by atoms with E-state index in [-0.39, 0.29) is 36.1 Å². The molecule has 0 saturated carbocycles. The van der Waals surface area contributed by atoms with Crippen molar-refractivity contribution in [2.45, 2.75) is 33.2 Å². The molecule has 106 valence electrons. The molecule has 0 saturated heterocycles. The Morgan fingerprint density at radius 3 is 2.26 bits per heavy atom. The predicted octanol–water partition coefficient (Wildman–Crippen LogP) is 1.70. The number of rotatable bonds is 6. The number of phenols is 1. The summed E-state index contributed by atoms with van der Waals surface area (Å²) in [6, 6.07) is 6.48. The molecular formula is C15H23NO3. The van der Waals surface area contributed by atoms with Crippen molar-refractivity contribution in [2.75, 3.05) is 6.61 Å². The zero-order valence-electron chi connectivity index (χ0n) is 11.8. The summed E-state index contributed by atoms with van der Waals surface area (Å²) in [6.07, 6.45) is 0.549. The molecule has 1 unspecified atom stereocenters. The summed E-state index contributed by atoms with van der Waals surface area (Å²) < 4.78 is 0. The topological polar surface area (TPSA) is 69.6 Å². The van der Waals surface area contributed by atoms with Crippen LogP contribution >= 0.6 is 0 Å². The van der Waals surface area contributed by atoms with Crippen LogP contribution < -0.4 is 5.32 Å². The summed E-state index contributed by atoms with van der Waals surface area (Å²) in [7, 11) is 0. The highest BCUT2D eigenvalue weighted by Crippen LogP contribution is 2.13. The fraction of sp³-hybridized carbons (Fsp3) is 0.533. The average Bonchev–Trinajstić information content (AvgIpc) is 2.39. The minimum Gasteiger partial charge on any atom is -0.508 e. The molecule has 0 aliphatic heterocycles. The molecule has 0 heterocycles. The number of aliphatic hydroxyl groups excluding tert-OH is 1. The van der Waals surface area contributed by atoms with Crippen LogP contribution in [-0.2, 0) is 11.2 Å². The van der Waals surface area contributed by atoms with Crippen LogP contribution in [-0.4, -0.2) is 28.8 Å². The Balaban J connectivity index is 2.59. The van der Waals surface area contributed by atoms with Crippen molar-refractivity contribution in [1.29, 1.82) is 0 Å². The van der Waals surface area contributed by atoms with Gasteiger partial charge in [-0.15, -0.1) is 0 Å². The lowest BCUT2D eigenvalue weighted by Crippen LogP contribution is -2.42. The van der Waals surface area contributed by atoms with E-state index in [4.69, 9.17) is 0 Å². The molecule has 0 aliphatic carbocycles. The summed E-state index contributed by atoms with van der Waals surface area (Å²) in [5, 5.41) is 21.4. The Morgan fingerprint density at radius 2 is 1.79 bits per heavy atom. The van der Waals surface area contributed by atoms with E-state index in [9.17, 15) is 15.0 Å². The molecule has 1 rings (SSSR count). The predicted molar refractivity (Wildman–Crippen MR) is 74.8 cm³/mol. The van der Waals surface area contributed by atoms with Crippen LogP contribution in [0.3, 0.4) is 0 Å². The van der Waals surface area contributed by atoms with Crippen molar-refractivity contribution in [3.05, 3.63) is 29.8 Å². The van der Waals surface area contributed by atoms with Crippen LogP contribution in [0.5, 0.6) is 5.75 Å². The summed E-state index contributed by atoms with van der Waals surface area (Å²) in [4.78, 5) is 11.9. The van der Waals surface area contributed by atoms with Gasteiger partial charge in [0.2, 0.25) is 5.91 Å². The number of nitrogens with one attached hydrogen (secondary N) is 1. The van der Waals surface area contributed by atoms with Crippen LogP contribution in [0.25, 0.3) is 0 Å². The van der Waals surface area contributed by atoms with Gasteiger partial charge in [-0.2, -0.15) is 0 Å². The van der Waals surface area contributed by atoms with Crippen LogP contribution in [0.15, 0.2) is 24.3 Å². The minimum atomic E-state index is -0.293. The number of phenolic OH excluding ortho intramolecular Hbond substituents is 1. The van der Waals surface area contributed by atoms with E-state index in [2.05, 4.69) is 5.32 Å². The third-order valence-corrected chi connectivity index (χ3v) is 3.40. The van der Waals surface area contributed by atoms with Crippen molar-refractivity contribution in [3.63, 3.8) is 0 Å². The Bertz CT molecular complexity index is 400. The van der Waals surface area contributed by atoms with Gasteiger partial charge in [-0.05, 0) is 30.0 Å². The van der Waals surface area contributed by atoms with Crippen molar-refractivity contribution >= 4 is 5.91 Å². The van der Waals surface area contributed by atoms with E-state index in [1.54, 1.807) is 24.3 Å². The minimum absolute atomic E-state index is 0.0344. The maximum absolute atomic E-state index is 11.9. The number of aliphatic hydroxyl groups is 1. The van der Waals surface area contributed by atoms with Gasteiger partial charge >= 0.3 is 0 Å². The Kier molecular flexibility index (Phi) is 5.83. The lowest BCUT2D eigenvalue weighted by atomic mass is 9.96. The second-order valence-electron chi connectivity index (χ2n) is 5.29. The number of hydrogen-bond donors (Lipinski definition) is 3.